The molecule has 1 aliphatic heterocycles. The van der Waals surface area contributed by atoms with E-state index in [1.165, 1.54) is 12.8 Å². The number of ether oxygens (including phenoxy) is 1. The lowest BCUT2D eigenvalue weighted by Gasteiger charge is -2.22. The lowest BCUT2D eigenvalue weighted by atomic mass is 10.0. The first kappa shape index (κ1) is 24.3. The number of aliphatic carboxylic acids is 1. The number of rotatable bonds is 10. The Balaban J connectivity index is 1.68. The molecule has 1 aliphatic rings. The molecule has 0 saturated heterocycles. The Morgan fingerprint density at radius 1 is 1.21 bits per heavy atom. The minimum absolute atomic E-state index is 0.196. The minimum Gasteiger partial charge on any atom is -0.482 e. The van der Waals surface area contributed by atoms with Gasteiger partial charge < -0.3 is 15.2 Å². The number of hydrogen-bond donors (Lipinski definition) is 3. The molecule has 3 N–H and O–H groups in total. The van der Waals surface area contributed by atoms with Crippen molar-refractivity contribution in [3.05, 3.63) is 62.9 Å². The van der Waals surface area contributed by atoms with Crippen LogP contribution in [0.15, 0.2) is 56.9 Å². The van der Waals surface area contributed by atoms with E-state index in [2.05, 4.69) is 33.2 Å². The third kappa shape index (κ3) is 5.61. The summed E-state index contributed by atoms with van der Waals surface area (Å²) in [5.74, 6) is 0.310. The number of hydrogen-bond acceptors (Lipinski definition) is 6. The highest BCUT2D eigenvalue weighted by molar-refractivity contribution is 9.10. The second-order valence-corrected chi connectivity index (χ2v) is 9.95. The Labute approximate surface area is 209 Å². The number of anilines is 1. The van der Waals surface area contributed by atoms with Crippen LogP contribution in [0.3, 0.4) is 0 Å². The van der Waals surface area contributed by atoms with Crippen molar-refractivity contribution >= 4 is 39.3 Å². The number of fused-ring (bicyclic) bond motifs is 3. The molecule has 0 radical (unpaired) electrons. The fraction of sp³-hybridized carbons (Fsp3) is 0.333. The quantitative estimate of drug-likeness (QED) is 0.194. The standard InChI is InChI=1S/C24H25BrN4O4S/c1-2-3-4-5-12-34-24-27-23(32)21-18-13-16(25)8-11-19(18)26-22(29(21)28-24)15-6-9-17(10-7-15)33-14-20(30)31/h6-11,13,22H,2-5,12,14H2,1H3,(H2,27,28,30,31,32)/p+1/t22-/m1/s1. The van der Waals surface area contributed by atoms with E-state index in [0.29, 0.717) is 16.6 Å². The molecule has 1 aromatic heterocycles. The largest absolute Gasteiger partial charge is 0.482 e. The van der Waals surface area contributed by atoms with Gasteiger partial charge in [-0.1, -0.05) is 53.9 Å². The summed E-state index contributed by atoms with van der Waals surface area (Å²) in [5, 5.41) is 17.7. The van der Waals surface area contributed by atoms with E-state index in [1.807, 2.05) is 30.3 Å². The van der Waals surface area contributed by atoms with Gasteiger partial charge in [0.05, 0.1) is 11.3 Å². The molecule has 4 rings (SSSR count). The van der Waals surface area contributed by atoms with Crippen LogP contribution < -0.4 is 20.3 Å². The molecule has 0 amide bonds. The molecule has 0 saturated carbocycles. The van der Waals surface area contributed by atoms with E-state index in [0.717, 1.165) is 39.9 Å². The fourth-order valence-corrected chi connectivity index (χ4v) is 5.00. The van der Waals surface area contributed by atoms with E-state index in [9.17, 15) is 9.59 Å². The first-order valence-corrected chi connectivity index (χ1v) is 12.9. The Bertz CT molecular complexity index is 1230. The summed E-state index contributed by atoms with van der Waals surface area (Å²) in [6.07, 6.45) is 4.19. The molecule has 8 nitrogen and oxygen atoms in total. The summed E-state index contributed by atoms with van der Waals surface area (Å²) < 4.78 is 7.85. The van der Waals surface area contributed by atoms with E-state index < -0.39 is 18.7 Å². The predicted octanol–water partition coefficient (Wildman–Crippen LogP) is 4.60. The highest BCUT2D eigenvalue weighted by Crippen LogP contribution is 2.34. The topological polar surface area (TPSA) is 108 Å². The minimum atomic E-state index is -1.03. The van der Waals surface area contributed by atoms with E-state index in [-0.39, 0.29) is 5.56 Å². The number of H-pyrrole nitrogens is 1. The lowest BCUT2D eigenvalue weighted by molar-refractivity contribution is -0.759. The van der Waals surface area contributed by atoms with Crippen LogP contribution >= 0.6 is 27.7 Å². The fourth-order valence-electron chi connectivity index (χ4n) is 3.79. The molecule has 3 aromatic rings. The van der Waals surface area contributed by atoms with Gasteiger partial charge in [-0.25, -0.2) is 4.79 Å². The van der Waals surface area contributed by atoms with Gasteiger partial charge >= 0.3 is 17.2 Å². The second-order valence-electron chi connectivity index (χ2n) is 7.95. The van der Waals surface area contributed by atoms with Crippen LogP contribution in [-0.4, -0.2) is 33.5 Å². The normalized spacial score (nSPS) is 14.1. The Morgan fingerprint density at radius 3 is 2.74 bits per heavy atom. The number of carboxylic acid groups (broad SMARTS) is 1. The smallest absolute Gasteiger partial charge is 0.341 e. The van der Waals surface area contributed by atoms with Crippen molar-refractivity contribution in [2.24, 2.45) is 0 Å². The number of thioether (sulfide) groups is 1. The summed E-state index contributed by atoms with van der Waals surface area (Å²) in [7, 11) is 0. The Hall–Kier alpha value is -2.85. The average Bonchev–Trinajstić information content (AvgIpc) is 2.82. The van der Waals surface area contributed by atoms with Crippen molar-refractivity contribution in [2.45, 2.75) is 43.9 Å². The van der Waals surface area contributed by atoms with Crippen LogP contribution in [0.1, 0.15) is 44.3 Å². The number of halogens is 1. The number of aromatic amines is 1. The van der Waals surface area contributed by atoms with Crippen LogP contribution in [0.5, 0.6) is 5.75 Å². The van der Waals surface area contributed by atoms with Gasteiger partial charge in [-0.2, -0.15) is 0 Å². The molecule has 0 unspecified atom stereocenters. The zero-order valence-corrected chi connectivity index (χ0v) is 21.1. The summed E-state index contributed by atoms with van der Waals surface area (Å²) in [5.41, 5.74) is 2.73. The van der Waals surface area contributed by atoms with Gasteiger partial charge in [0, 0.05) is 20.9 Å². The monoisotopic (exact) mass is 545 g/mol. The third-order valence-corrected chi connectivity index (χ3v) is 6.87. The molecule has 1 atom stereocenters. The number of carbonyl (C=O) groups is 1. The van der Waals surface area contributed by atoms with E-state index in [1.54, 1.807) is 28.6 Å². The maximum absolute atomic E-state index is 13.2. The van der Waals surface area contributed by atoms with Crippen LogP contribution in [0.25, 0.3) is 11.3 Å². The molecule has 34 heavy (non-hydrogen) atoms. The molecule has 0 aliphatic carbocycles. The van der Waals surface area contributed by atoms with Gasteiger partial charge in [0.15, 0.2) is 6.61 Å². The highest BCUT2D eigenvalue weighted by Gasteiger charge is 2.37. The number of nitrogens with zero attached hydrogens (tertiary/aromatic N) is 2. The lowest BCUT2D eigenvalue weighted by Crippen LogP contribution is -2.55. The molecule has 0 fully saturated rings. The van der Waals surface area contributed by atoms with Gasteiger partial charge in [-0.15, -0.1) is 0 Å². The van der Waals surface area contributed by atoms with Gasteiger partial charge in [-0.05, 0) is 53.6 Å². The van der Waals surface area contributed by atoms with Crippen LogP contribution in [-0.2, 0) is 4.79 Å². The molecule has 2 heterocycles. The molecular formula is C24H26BrN4O4S+. The number of aromatic nitrogens is 3. The number of carboxylic acids is 1. The second kappa shape index (κ2) is 11.1. The first-order chi connectivity index (χ1) is 16.5. The van der Waals surface area contributed by atoms with Crippen molar-refractivity contribution in [1.82, 2.24) is 10.1 Å². The van der Waals surface area contributed by atoms with Gasteiger partial charge in [0.1, 0.15) is 5.75 Å². The van der Waals surface area contributed by atoms with Crippen LogP contribution in [0.4, 0.5) is 5.69 Å². The molecular weight excluding hydrogens is 520 g/mol. The number of benzene rings is 2. The molecule has 10 heteroatoms. The average molecular weight is 546 g/mol. The maximum Gasteiger partial charge on any atom is 0.341 e. The summed E-state index contributed by atoms with van der Waals surface area (Å²) in [4.78, 5) is 26.9. The zero-order chi connectivity index (χ0) is 24.1. The third-order valence-electron chi connectivity index (χ3n) is 5.43. The van der Waals surface area contributed by atoms with Crippen LogP contribution in [0.2, 0.25) is 0 Å². The van der Waals surface area contributed by atoms with Crippen molar-refractivity contribution < 1.29 is 19.3 Å². The molecule has 178 valence electrons. The summed E-state index contributed by atoms with van der Waals surface area (Å²) in [6.45, 7) is 1.77. The Kier molecular flexibility index (Phi) is 7.89. The first-order valence-electron chi connectivity index (χ1n) is 11.2. The summed E-state index contributed by atoms with van der Waals surface area (Å²) >= 11 is 5.05. The van der Waals surface area contributed by atoms with Gasteiger partial charge in [0.25, 0.3) is 6.17 Å². The zero-order valence-electron chi connectivity index (χ0n) is 18.7. The van der Waals surface area contributed by atoms with E-state index in [4.69, 9.17) is 14.9 Å². The molecule has 0 spiro atoms. The number of unbranched alkanes of at least 4 members (excludes halogenated alkanes) is 3. The molecule has 0 bridgehead atoms. The van der Waals surface area contributed by atoms with Gasteiger partial charge in [-0.3, -0.25) is 9.78 Å². The predicted molar refractivity (Wildman–Crippen MR) is 134 cm³/mol. The maximum atomic E-state index is 13.2. The SMILES string of the molecule is CCCCCCSc1n[n+]2c(c(=O)[nH]1)-c1cc(Br)ccc1N[C@H]2c1ccc(OCC(=O)O)cc1. The van der Waals surface area contributed by atoms with Gasteiger partial charge in [0.2, 0.25) is 5.16 Å². The van der Waals surface area contributed by atoms with Crippen molar-refractivity contribution in [2.75, 3.05) is 17.7 Å². The van der Waals surface area contributed by atoms with Crippen molar-refractivity contribution in [3.8, 4) is 17.0 Å². The van der Waals surface area contributed by atoms with E-state index >= 15 is 0 Å². The number of nitrogens with one attached hydrogen (secondary N) is 2. The molecule has 2 aromatic carbocycles. The summed E-state index contributed by atoms with van der Waals surface area (Å²) in [6, 6.07) is 12.9. The Morgan fingerprint density at radius 2 is 2.00 bits per heavy atom. The highest BCUT2D eigenvalue weighted by atomic mass is 79.9. The van der Waals surface area contributed by atoms with Crippen molar-refractivity contribution in [1.29, 1.82) is 0 Å². The van der Waals surface area contributed by atoms with Crippen molar-refractivity contribution in [3.63, 3.8) is 0 Å². The van der Waals surface area contributed by atoms with Crippen LogP contribution in [0, 0.1) is 0 Å².